The number of carbonyl (C=O) groups is 2. The number of carbonyl (C=O) groups excluding carboxylic acids is 1. The molecule has 1 aliphatic heterocycles. The molecule has 0 atom stereocenters. The Morgan fingerprint density at radius 1 is 1.24 bits per heavy atom. The summed E-state index contributed by atoms with van der Waals surface area (Å²) in [7, 11) is 0. The summed E-state index contributed by atoms with van der Waals surface area (Å²) in [5, 5.41) is 12.3. The first kappa shape index (κ1) is 17.2. The first-order chi connectivity index (χ1) is 12.0. The van der Waals surface area contributed by atoms with E-state index in [1.165, 1.54) is 6.39 Å². The Morgan fingerprint density at radius 3 is 2.56 bits per heavy atom. The van der Waals surface area contributed by atoms with Gasteiger partial charge in [-0.2, -0.15) is 0 Å². The standard InChI is InChI=1S/C18H20N2O5/c1-12-2-4-13(5-3-12)15-14(20-11-25-15)16(21)19-10-18(17(22)23)6-8-24-9-7-18/h2-5,11H,6-10H2,1H3,(H,19,21)(H,22,23). The number of amides is 1. The average molecular weight is 344 g/mol. The van der Waals surface area contributed by atoms with Gasteiger partial charge in [0.25, 0.3) is 5.91 Å². The second-order valence-electron chi connectivity index (χ2n) is 6.28. The van der Waals surface area contributed by atoms with Gasteiger partial charge in [-0.1, -0.05) is 29.8 Å². The number of aryl methyl sites for hydroxylation is 1. The van der Waals surface area contributed by atoms with E-state index in [1.54, 1.807) is 0 Å². The lowest BCUT2D eigenvalue weighted by atomic mass is 9.80. The van der Waals surface area contributed by atoms with Crippen molar-refractivity contribution in [3.05, 3.63) is 41.9 Å². The monoisotopic (exact) mass is 344 g/mol. The molecule has 1 fully saturated rings. The number of nitrogens with zero attached hydrogens (tertiary/aromatic N) is 1. The minimum absolute atomic E-state index is 0.0325. The normalized spacial score (nSPS) is 16.4. The summed E-state index contributed by atoms with van der Waals surface area (Å²) < 4.78 is 10.6. The van der Waals surface area contributed by atoms with Crippen molar-refractivity contribution in [2.24, 2.45) is 5.41 Å². The number of aromatic nitrogens is 1. The molecule has 1 saturated heterocycles. The quantitative estimate of drug-likeness (QED) is 0.863. The van der Waals surface area contributed by atoms with Crippen LogP contribution in [-0.2, 0) is 9.53 Å². The highest BCUT2D eigenvalue weighted by atomic mass is 16.5. The first-order valence-electron chi connectivity index (χ1n) is 8.12. The Morgan fingerprint density at radius 2 is 1.92 bits per heavy atom. The lowest BCUT2D eigenvalue weighted by Crippen LogP contribution is -2.46. The molecule has 7 heteroatoms. The number of ether oxygens (including phenoxy) is 1. The summed E-state index contributed by atoms with van der Waals surface area (Å²) in [4.78, 5) is 28.2. The molecule has 2 aromatic rings. The van der Waals surface area contributed by atoms with Crippen LogP contribution in [0, 0.1) is 12.3 Å². The van der Waals surface area contributed by atoms with Gasteiger partial charge in [-0.3, -0.25) is 9.59 Å². The van der Waals surface area contributed by atoms with Gasteiger partial charge in [0.1, 0.15) is 0 Å². The van der Waals surface area contributed by atoms with Crippen LogP contribution in [0.4, 0.5) is 0 Å². The van der Waals surface area contributed by atoms with Crippen LogP contribution < -0.4 is 5.32 Å². The van der Waals surface area contributed by atoms with Crippen LogP contribution in [0.1, 0.15) is 28.9 Å². The molecule has 0 radical (unpaired) electrons. The predicted molar refractivity (Wildman–Crippen MR) is 89.1 cm³/mol. The third-order valence-electron chi connectivity index (χ3n) is 4.59. The molecule has 0 unspecified atom stereocenters. The molecule has 7 nitrogen and oxygen atoms in total. The van der Waals surface area contributed by atoms with Crippen molar-refractivity contribution in [3.8, 4) is 11.3 Å². The summed E-state index contributed by atoms with van der Waals surface area (Å²) >= 11 is 0. The molecule has 25 heavy (non-hydrogen) atoms. The van der Waals surface area contributed by atoms with Crippen LogP contribution in [0.15, 0.2) is 35.1 Å². The fraction of sp³-hybridized carbons (Fsp3) is 0.389. The maximum Gasteiger partial charge on any atom is 0.311 e. The number of hydrogen-bond donors (Lipinski definition) is 2. The molecule has 2 heterocycles. The van der Waals surface area contributed by atoms with Crippen molar-refractivity contribution in [1.29, 1.82) is 0 Å². The molecule has 0 saturated carbocycles. The second kappa shape index (κ2) is 7.06. The maximum absolute atomic E-state index is 12.5. The van der Waals surface area contributed by atoms with E-state index in [2.05, 4.69) is 10.3 Å². The number of rotatable bonds is 5. The zero-order valence-corrected chi connectivity index (χ0v) is 13.9. The highest BCUT2D eigenvalue weighted by molar-refractivity contribution is 5.97. The van der Waals surface area contributed by atoms with Crippen LogP contribution in [0.5, 0.6) is 0 Å². The van der Waals surface area contributed by atoms with Crippen LogP contribution >= 0.6 is 0 Å². The molecule has 1 aromatic heterocycles. The Balaban J connectivity index is 1.75. The number of nitrogens with one attached hydrogen (secondary N) is 1. The SMILES string of the molecule is Cc1ccc(-c2ocnc2C(=O)NCC2(C(=O)O)CCOCC2)cc1. The highest BCUT2D eigenvalue weighted by Gasteiger charge is 2.40. The van der Waals surface area contributed by atoms with Crippen LogP contribution in [0.3, 0.4) is 0 Å². The zero-order valence-electron chi connectivity index (χ0n) is 13.9. The third kappa shape index (κ3) is 3.56. The third-order valence-corrected chi connectivity index (χ3v) is 4.59. The van der Waals surface area contributed by atoms with Gasteiger partial charge in [0.15, 0.2) is 17.8 Å². The topological polar surface area (TPSA) is 102 Å². The number of carboxylic acids is 1. The minimum Gasteiger partial charge on any atom is -0.481 e. The zero-order chi connectivity index (χ0) is 17.9. The summed E-state index contributed by atoms with van der Waals surface area (Å²) in [6, 6.07) is 7.54. The summed E-state index contributed by atoms with van der Waals surface area (Å²) in [5.74, 6) is -1.000. The molecule has 0 aliphatic carbocycles. The van der Waals surface area contributed by atoms with E-state index in [4.69, 9.17) is 9.15 Å². The Bertz CT molecular complexity index is 760. The van der Waals surface area contributed by atoms with Gasteiger partial charge in [-0.05, 0) is 19.8 Å². The Labute approximate surface area is 145 Å². The van der Waals surface area contributed by atoms with E-state index in [0.717, 1.165) is 11.1 Å². The van der Waals surface area contributed by atoms with Gasteiger partial charge in [0, 0.05) is 25.3 Å². The fourth-order valence-corrected chi connectivity index (χ4v) is 2.88. The Kier molecular flexibility index (Phi) is 4.85. The van der Waals surface area contributed by atoms with Crippen LogP contribution in [0.2, 0.25) is 0 Å². The van der Waals surface area contributed by atoms with Gasteiger partial charge >= 0.3 is 5.97 Å². The van der Waals surface area contributed by atoms with E-state index >= 15 is 0 Å². The maximum atomic E-state index is 12.5. The number of hydrogen-bond acceptors (Lipinski definition) is 5. The van der Waals surface area contributed by atoms with Crippen molar-refractivity contribution in [2.45, 2.75) is 19.8 Å². The van der Waals surface area contributed by atoms with Crippen molar-refractivity contribution >= 4 is 11.9 Å². The van der Waals surface area contributed by atoms with Crippen molar-refractivity contribution < 1.29 is 23.8 Å². The van der Waals surface area contributed by atoms with E-state index < -0.39 is 17.3 Å². The summed E-state index contributed by atoms with van der Waals surface area (Å²) in [5.41, 5.74) is 0.989. The number of carboxylic acid groups (broad SMARTS) is 1. The lowest BCUT2D eigenvalue weighted by Gasteiger charge is -2.33. The average Bonchev–Trinajstić information content (AvgIpc) is 3.11. The Hall–Kier alpha value is -2.67. The molecule has 1 aromatic carbocycles. The molecule has 1 amide bonds. The number of aliphatic carboxylic acids is 1. The summed E-state index contributed by atoms with van der Waals surface area (Å²) in [6.07, 6.45) is 1.95. The van der Waals surface area contributed by atoms with Gasteiger partial charge in [0.2, 0.25) is 0 Å². The molecule has 3 rings (SSSR count). The van der Waals surface area contributed by atoms with Gasteiger partial charge in [-0.15, -0.1) is 0 Å². The second-order valence-corrected chi connectivity index (χ2v) is 6.28. The van der Waals surface area contributed by atoms with E-state index in [1.807, 2.05) is 31.2 Å². The van der Waals surface area contributed by atoms with Crippen molar-refractivity contribution in [3.63, 3.8) is 0 Å². The molecular weight excluding hydrogens is 324 g/mol. The predicted octanol–water partition coefficient (Wildman–Crippen LogP) is 2.26. The van der Waals surface area contributed by atoms with Gasteiger partial charge in [-0.25, -0.2) is 4.98 Å². The molecule has 132 valence electrons. The number of oxazole rings is 1. The van der Waals surface area contributed by atoms with Gasteiger partial charge in [0.05, 0.1) is 5.41 Å². The highest BCUT2D eigenvalue weighted by Crippen LogP contribution is 2.30. The van der Waals surface area contributed by atoms with Crippen molar-refractivity contribution in [1.82, 2.24) is 10.3 Å². The molecule has 1 aliphatic rings. The van der Waals surface area contributed by atoms with Crippen LogP contribution in [0.25, 0.3) is 11.3 Å². The molecule has 0 spiro atoms. The van der Waals surface area contributed by atoms with Crippen molar-refractivity contribution in [2.75, 3.05) is 19.8 Å². The summed E-state index contributed by atoms with van der Waals surface area (Å²) in [6.45, 7) is 2.75. The number of benzene rings is 1. The first-order valence-corrected chi connectivity index (χ1v) is 8.12. The smallest absolute Gasteiger partial charge is 0.311 e. The van der Waals surface area contributed by atoms with E-state index in [9.17, 15) is 14.7 Å². The molecule has 0 bridgehead atoms. The molecular formula is C18H20N2O5. The largest absolute Gasteiger partial charge is 0.481 e. The fourth-order valence-electron chi connectivity index (χ4n) is 2.88. The molecule has 2 N–H and O–H groups in total. The minimum atomic E-state index is -0.998. The van der Waals surface area contributed by atoms with Gasteiger partial charge < -0.3 is 19.6 Å². The van der Waals surface area contributed by atoms with E-state index in [0.29, 0.717) is 31.8 Å². The lowest BCUT2D eigenvalue weighted by molar-refractivity contribution is -0.154. The van der Waals surface area contributed by atoms with Crippen LogP contribution in [-0.4, -0.2) is 41.7 Å². The van der Waals surface area contributed by atoms with E-state index in [-0.39, 0.29) is 12.2 Å².